The molecule has 1 saturated carbocycles. The van der Waals surface area contributed by atoms with Crippen LogP contribution in [-0.2, 0) is 4.79 Å². The summed E-state index contributed by atoms with van der Waals surface area (Å²) < 4.78 is 11.0. The van der Waals surface area contributed by atoms with Crippen LogP contribution in [0.2, 0.25) is 0 Å². The highest BCUT2D eigenvalue weighted by molar-refractivity contribution is 5.95. The van der Waals surface area contributed by atoms with Crippen LogP contribution in [0.1, 0.15) is 23.2 Å². The lowest BCUT2D eigenvalue weighted by molar-refractivity contribution is -0.134. The van der Waals surface area contributed by atoms with Crippen LogP contribution in [0.25, 0.3) is 0 Å². The molecule has 0 spiro atoms. The van der Waals surface area contributed by atoms with Gasteiger partial charge in [-0.15, -0.1) is 0 Å². The van der Waals surface area contributed by atoms with Crippen LogP contribution >= 0.6 is 0 Å². The van der Waals surface area contributed by atoms with Gasteiger partial charge in [-0.2, -0.15) is 0 Å². The van der Waals surface area contributed by atoms with E-state index in [9.17, 15) is 9.59 Å². The topological polar surface area (TPSA) is 59.1 Å². The van der Waals surface area contributed by atoms with Crippen LogP contribution < -0.4 is 9.47 Å². The van der Waals surface area contributed by atoms with Crippen LogP contribution in [0.5, 0.6) is 11.5 Å². The largest absolute Gasteiger partial charge is 0.486 e. The van der Waals surface area contributed by atoms with Crippen molar-refractivity contribution in [2.24, 2.45) is 5.92 Å². The van der Waals surface area contributed by atoms with Crippen LogP contribution in [0.15, 0.2) is 18.2 Å². The second-order valence-electron chi connectivity index (χ2n) is 6.25. The average Bonchev–Trinajstić information content (AvgIpc) is 3.45. The summed E-state index contributed by atoms with van der Waals surface area (Å²) in [5.74, 6) is 1.81. The Kier molecular flexibility index (Phi) is 3.59. The van der Waals surface area contributed by atoms with Crippen LogP contribution in [0.3, 0.4) is 0 Å². The predicted molar refractivity (Wildman–Crippen MR) is 82.6 cm³/mol. The molecule has 1 saturated heterocycles. The Labute approximate surface area is 134 Å². The van der Waals surface area contributed by atoms with E-state index in [1.54, 1.807) is 18.2 Å². The summed E-state index contributed by atoms with van der Waals surface area (Å²) in [7, 11) is 0. The van der Waals surface area contributed by atoms with Gasteiger partial charge in [0, 0.05) is 37.7 Å². The quantitative estimate of drug-likeness (QED) is 0.821. The van der Waals surface area contributed by atoms with E-state index in [-0.39, 0.29) is 17.7 Å². The van der Waals surface area contributed by atoms with Crippen molar-refractivity contribution in [2.75, 3.05) is 39.4 Å². The number of carbonyl (C=O) groups is 2. The first-order chi connectivity index (χ1) is 11.2. The fraction of sp³-hybridized carbons (Fsp3) is 0.529. The molecule has 0 atom stereocenters. The Morgan fingerprint density at radius 3 is 2.26 bits per heavy atom. The van der Waals surface area contributed by atoms with E-state index in [2.05, 4.69) is 0 Å². The fourth-order valence-corrected chi connectivity index (χ4v) is 3.08. The molecule has 0 unspecified atom stereocenters. The van der Waals surface area contributed by atoms with Gasteiger partial charge in [0.1, 0.15) is 13.2 Å². The molecule has 0 bridgehead atoms. The van der Waals surface area contributed by atoms with Gasteiger partial charge >= 0.3 is 0 Å². The van der Waals surface area contributed by atoms with E-state index >= 15 is 0 Å². The van der Waals surface area contributed by atoms with E-state index in [0.29, 0.717) is 56.5 Å². The number of benzene rings is 1. The number of hydrogen-bond donors (Lipinski definition) is 0. The van der Waals surface area contributed by atoms with E-state index < -0.39 is 0 Å². The normalized spacial score (nSPS) is 20.3. The van der Waals surface area contributed by atoms with E-state index in [0.717, 1.165) is 12.8 Å². The van der Waals surface area contributed by atoms with Gasteiger partial charge in [0.05, 0.1) is 0 Å². The first kappa shape index (κ1) is 14.4. The van der Waals surface area contributed by atoms with Crippen molar-refractivity contribution in [1.82, 2.24) is 9.80 Å². The van der Waals surface area contributed by atoms with Gasteiger partial charge < -0.3 is 19.3 Å². The molecule has 3 aliphatic rings. The highest BCUT2D eigenvalue weighted by atomic mass is 16.6. The maximum Gasteiger partial charge on any atom is 0.254 e. The van der Waals surface area contributed by atoms with Gasteiger partial charge in [0.25, 0.3) is 5.91 Å². The number of ether oxygens (including phenoxy) is 2. The number of nitrogens with zero attached hydrogens (tertiary/aromatic N) is 2. The van der Waals surface area contributed by atoms with Crippen LogP contribution in [0.4, 0.5) is 0 Å². The number of fused-ring (bicyclic) bond motifs is 1. The highest BCUT2D eigenvalue weighted by Crippen LogP contribution is 2.32. The number of piperazine rings is 1. The lowest BCUT2D eigenvalue weighted by atomic mass is 10.1. The van der Waals surface area contributed by atoms with E-state index in [4.69, 9.17) is 9.47 Å². The zero-order chi connectivity index (χ0) is 15.8. The molecule has 1 aromatic rings. The minimum Gasteiger partial charge on any atom is -0.486 e. The molecule has 0 aromatic heterocycles. The van der Waals surface area contributed by atoms with Crippen molar-refractivity contribution < 1.29 is 19.1 Å². The van der Waals surface area contributed by atoms with Gasteiger partial charge in [-0.3, -0.25) is 9.59 Å². The number of carbonyl (C=O) groups excluding carboxylic acids is 2. The molecule has 2 fully saturated rings. The third-order valence-electron chi connectivity index (χ3n) is 4.59. The first-order valence-corrected chi connectivity index (χ1v) is 8.20. The number of rotatable bonds is 2. The summed E-state index contributed by atoms with van der Waals surface area (Å²) >= 11 is 0. The third-order valence-corrected chi connectivity index (χ3v) is 4.59. The monoisotopic (exact) mass is 316 g/mol. The molecule has 122 valence electrons. The molecule has 6 heteroatoms. The summed E-state index contributed by atoms with van der Waals surface area (Å²) in [6.45, 7) is 3.48. The van der Waals surface area contributed by atoms with Gasteiger partial charge in [-0.1, -0.05) is 0 Å². The van der Waals surface area contributed by atoms with E-state index in [1.807, 2.05) is 9.80 Å². The molecule has 6 nitrogen and oxygen atoms in total. The Hall–Kier alpha value is -2.24. The predicted octanol–water partition coefficient (Wildman–Crippen LogP) is 1.15. The first-order valence-electron chi connectivity index (χ1n) is 8.20. The Morgan fingerprint density at radius 1 is 0.913 bits per heavy atom. The summed E-state index contributed by atoms with van der Waals surface area (Å²) in [6.07, 6.45) is 2.05. The smallest absolute Gasteiger partial charge is 0.254 e. The molecule has 2 heterocycles. The minimum absolute atomic E-state index is 0.0134. The van der Waals surface area contributed by atoms with Crippen LogP contribution in [-0.4, -0.2) is 61.0 Å². The Bertz CT molecular complexity index is 633. The number of hydrogen-bond acceptors (Lipinski definition) is 4. The zero-order valence-corrected chi connectivity index (χ0v) is 13.0. The van der Waals surface area contributed by atoms with Gasteiger partial charge in [-0.25, -0.2) is 0 Å². The highest BCUT2D eigenvalue weighted by Gasteiger charge is 2.35. The molecule has 0 N–H and O–H groups in total. The lowest BCUT2D eigenvalue weighted by Gasteiger charge is -2.35. The Morgan fingerprint density at radius 2 is 1.57 bits per heavy atom. The number of amides is 2. The summed E-state index contributed by atoms with van der Waals surface area (Å²) in [5.41, 5.74) is 0.608. The minimum atomic E-state index is -0.0134. The third kappa shape index (κ3) is 2.85. The summed E-state index contributed by atoms with van der Waals surface area (Å²) in [4.78, 5) is 28.4. The fourth-order valence-electron chi connectivity index (χ4n) is 3.08. The van der Waals surface area contributed by atoms with Gasteiger partial charge in [0.2, 0.25) is 5.91 Å². The van der Waals surface area contributed by atoms with E-state index in [1.165, 1.54) is 0 Å². The zero-order valence-electron chi connectivity index (χ0n) is 13.0. The van der Waals surface area contributed by atoms with Crippen molar-refractivity contribution >= 4 is 11.8 Å². The Balaban J connectivity index is 1.40. The summed E-state index contributed by atoms with van der Waals surface area (Å²) in [5, 5.41) is 0. The average molecular weight is 316 g/mol. The maximum atomic E-state index is 12.6. The summed E-state index contributed by atoms with van der Waals surface area (Å²) in [6, 6.07) is 5.31. The molecule has 1 aromatic carbocycles. The SMILES string of the molecule is O=C(c1ccc2c(c1)OCCO2)N1CCN(C(=O)C2CC2)CC1. The van der Waals surface area contributed by atoms with Crippen LogP contribution in [0, 0.1) is 5.92 Å². The second-order valence-corrected chi connectivity index (χ2v) is 6.25. The maximum absolute atomic E-state index is 12.6. The molecular formula is C17H20N2O4. The van der Waals surface area contributed by atoms with Crippen molar-refractivity contribution in [3.8, 4) is 11.5 Å². The van der Waals surface area contributed by atoms with Gasteiger partial charge in [0.15, 0.2) is 11.5 Å². The molecule has 4 rings (SSSR count). The lowest BCUT2D eigenvalue weighted by Crippen LogP contribution is -2.51. The molecule has 2 amide bonds. The molecule has 0 radical (unpaired) electrons. The molecule has 23 heavy (non-hydrogen) atoms. The second kappa shape index (κ2) is 5.76. The molecular weight excluding hydrogens is 296 g/mol. The van der Waals surface area contributed by atoms with Crippen molar-refractivity contribution in [1.29, 1.82) is 0 Å². The molecule has 2 aliphatic heterocycles. The molecule has 1 aliphatic carbocycles. The van der Waals surface area contributed by atoms with Crippen molar-refractivity contribution in [3.63, 3.8) is 0 Å². The van der Waals surface area contributed by atoms with Crippen molar-refractivity contribution in [3.05, 3.63) is 23.8 Å². The van der Waals surface area contributed by atoms with Gasteiger partial charge in [-0.05, 0) is 31.0 Å². The van der Waals surface area contributed by atoms with Crippen molar-refractivity contribution in [2.45, 2.75) is 12.8 Å². The standard InChI is InChI=1S/C17H20N2O4/c20-16(12-1-2-12)18-5-7-19(8-6-18)17(21)13-3-4-14-15(11-13)23-10-9-22-14/h3-4,11-12H,1-2,5-10H2.